The minimum atomic E-state index is -0.998. The maximum Gasteiger partial charge on any atom is 0.348 e. The van der Waals surface area contributed by atoms with Gasteiger partial charge in [-0.1, -0.05) is 13.8 Å². The Bertz CT molecular complexity index is 592. The van der Waals surface area contributed by atoms with E-state index < -0.39 is 17.6 Å². The van der Waals surface area contributed by atoms with E-state index in [1.165, 1.54) is 4.57 Å². The summed E-state index contributed by atoms with van der Waals surface area (Å²) in [4.78, 5) is 38.6. The SMILES string of the molecule is CCOC(=O)Cn1c(CC)c(CC(=O)O)c(CC)nc1=O. The van der Waals surface area contributed by atoms with Gasteiger partial charge >= 0.3 is 17.6 Å². The Balaban J connectivity index is 3.39. The zero-order valence-corrected chi connectivity index (χ0v) is 12.5. The van der Waals surface area contributed by atoms with Gasteiger partial charge in [0.1, 0.15) is 6.54 Å². The third kappa shape index (κ3) is 4.14. The predicted octanol–water partition coefficient (Wildman–Crippen LogP) is 0.558. The molecule has 21 heavy (non-hydrogen) atoms. The van der Waals surface area contributed by atoms with Gasteiger partial charge in [-0.3, -0.25) is 14.2 Å². The van der Waals surface area contributed by atoms with Crippen LogP contribution in [-0.2, 0) is 40.1 Å². The number of nitrogens with zero attached hydrogens (tertiary/aromatic N) is 2. The summed E-state index contributed by atoms with van der Waals surface area (Å²) in [6, 6.07) is 0. The van der Waals surface area contributed by atoms with Crippen LogP contribution < -0.4 is 5.69 Å². The van der Waals surface area contributed by atoms with Crippen LogP contribution in [0.4, 0.5) is 0 Å². The molecule has 0 aliphatic carbocycles. The van der Waals surface area contributed by atoms with Gasteiger partial charge in [0.2, 0.25) is 0 Å². The summed E-state index contributed by atoms with van der Waals surface area (Å²) in [6.45, 7) is 5.26. The molecule has 0 amide bonds. The Hall–Kier alpha value is -2.18. The smallest absolute Gasteiger partial charge is 0.348 e. The lowest BCUT2D eigenvalue weighted by Gasteiger charge is -2.16. The minimum Gasteiger partial charge on any atom is -0.481 e. The average molecular weight is 296 g/mol. The number of aliphatic carboxylic acids is 1. The molecule has 116 valence electrons. The number of rotatable bonds is 7. The van der Waals surface area contributed by atoms with Crippen molar-refractivity contribution in [2.75, 3.05) is 6.61 Å². The summed E-state index contributed by atoms with van der Waals surface area (Å²) in [5, 5.41) is 9.03. The van der Waals surface area contributed by atoms with E-state index in [0.717, 1.165) is 0 Å². The summed E-state index contributed by atoms with van der Waals surface area (Å²) < 4.78 is 6.04. The van der Waals surface area contributed by atoms with E-state index in [0.29, 0.717) is 29.8 Å². The summed E-state index contributed by atoms with van der Waals surface area (Å²) >= 11 is 0. The topological polar surface area (TPSA) is 98.5 Å². The molecule has 0 bridgehead atoms. The molecule has 0 saturated carbocycles. The van der Waals surface area contributed by atoms with E-state index in [2.05, 4.69) is 4.98 Å². The first kappa shape index (κ1) is 16.9. The van der Waals surface area contributed by atoms with E-state index in [1.54, 1.807) is 13.8 Å². The van der Waals surface area contributed by atoms with Gasteiger partial charge in [-0.2, -0.15) is 4.98 Å². The highest BCUT2D eigenvalue weighted by Crippen LogP contribution is 2.14. The third-order valence-electron chi connectivity index (χ3n) is 3.07. The maximum atomic E-state index is 12.1. The molecule has 0 unspecified atom stereocenters. The second-order valence-corrected chi connectivity index (χ2v) is 4.44. The highest BCUT2D eigenvalue weighted by atomic mass is 16.5. The molecule has 0 aliphatic heterocycles. The van der Waals surface area contributed by atoms with E-state index in [4.69, 9.17) is 9.84 Å². The highest BCUT2D eigenvalue weighted by Gasteiger charge is 2.19. The Morgan fingerprint density at radius 2 is 1.90 bits per heavy atom. The second-order valence-electron chi connectivity index (χ2n) is 4.44. The van der Waals surface area contributed by atoms with E-state index in [9.17, 15) is 14.4 Å². The molecule has 0 aliphatic rings. The van der Waals surface area contributed by atoms with E-state index in [1.807, 2.05) is 6.92 Å². The van der Waals surface area contributed by atoms with Crippen LogP contribution in [0.25, 0.3) is 0 Å². The molecule has 1 N–H and O–H groups in total. The van der Waals surface area contributed by atoms with Crippen molar-refractivity contribution in [2.24, 2.45) is 0 Å². The van der Waals surface area contributed by atoms with Crippen molar-refractivity contribution < 1.29 is 19.4 Å². The molecule has 0 spiro atoms. The number of ether oxygens (including phenoxy) is 1. The first-order valence-corrected chi connectivity index (χ1v) is 6.93. The molecule has 0 saturated heterocycles. The van der Waals surface area contributed by atoms with Crippen molar-refractivity contribution in [2.45, 2.75) is 46.6 Å². The van der Waals surface area contributed by atoms with Crippen LogP contribution in [0.15, 0.2) is 4.79 Å². The van der Waals surface area contributed by atoms with Gasteiger partial charge in [0.25, 0.3) is 0 Å². The molecule has 0 atom stereocenters. The van der Waals surface area contributed by atoms with Gasteiger partial charge in [0.15, 0.2) is 0 Å². The molecule has 0 radical (unpaired) electrons. The molecule has 1 rings (SSSR count). The van der Waals surface area contributed by atoms with Gasteiger partial charge in [-0.15, -0.1) is 0 Å². The van der Waals surface area contributed by atoms with Crippen LogP contribution in [0.1, 0.15) is 37.7 Å². The molecule has 1 aromatic heterocycles. The maximum absolute atomic E-state index is 12.1. The molecule has 0 fully saturated rings. The number of hydrogen-bond donors (Lipinski definition) is 1. The number of carbonyl (C=O) groups is 2. The lowest BCUT2D eigenvalue weighted by molar-refractivity contribution is -0.144. The lowest BCUT2D eigenvalue weighted by Crippen LogP contribution is -2.33. The Kier molecular flexibility index (Phi) is 6.08. The zero-order chi connectivity index (χ0) is 16.0. The third-order valence-corrected chi connectivity index (χ3v) is 3.07. The van der Waals surface area contributed by atoms with Crippen LogP contribution in [0.2, 0.25) is 0 Å². The van der Waals surface area contributed by atoms with Crippen LogP contribution in [-0.4, -0.2) is 33.2 Å². The van der Waals surface area contributed by atoms with Crippen molar-refractivity contribution in [3.05, 3.63) is 27.4 Å². The number of hydrogen-bond acceptors (Lipinski definition) is 5. The number of aromatic nitrogens is 2. The summed E-state index contributed by atoms with van der Waals surface area (Å²) in [5.41, 5.74) is 0.962. The number of esters is 1. The number of carboxylic acids is 1. The zero-order valence-electron chi connectivity index (χ0n) is 12.5. The molecule has 0 aromatic carbocycles. The van der Waals surface area contributed by atoms with E-state index in [-0.39, 0.29) is 19.6 Å². The van der Waals surface area contributed by atoms with Crippen LogP contribution in [0.5, 0.6) is 0 Å². The second kappa shape index (κ2) is 7.56. The Morgan fingerprint density at radius 1 is 1.24 bits per heavy atom. The molecular weight excluding hydrogens is 276 g/mol. The van der Waals surface area contributed by atoms with Crippen molar-refractivity contribution in [1.82, 2.24) is 9.55 Å². The normalized spacial score (nSPS) is 10.4. The van der Waals surface area contributed by atoms with Gasteiger partial charge in [-0.05, 0) is 19.8 Å². The van der Waals surface area contributed by atoms with Crippen molar-refractivity contribution in [3.63, 3.8) is 0 Å². The Morgan fingerprint density at radius 3 is 2.38 bits per heavy atom. The number of carbonyl (C=O) groups excluding carboxylic acids is 1. The number of carboxylic acid groups (broad SMARTS) is 1. The van der Waals surface area contributed by atoms with Crippen molar-refractivity contribution >= 4 is 11.9 Å². The molecular formula is C14H20N2O5. The average Bonchev–Trinajstić information content (AvgIpc) is 2.42. The largest absolute Gasteiger partial charge is 0.481 e. The van der Waals surface area contributed by atoms with E-state index >= 15 is 0 Å². The van der Waals surface area contributed by atoms with Crippen LogP contribution in [0, 0.1) is 0 Å². The quantitative estimate of drug-likeness (QED) is 0.738. The van der Waals surface area contributed by atoms with Gasteiger partial charge in [-0.25, -0.2) is 4.79 Å². The minimum absolute atomic E-state index is 0.220. The predicted molar refractivity (Wildman–Crippen MR) is 75.2 cm³/mol. The molecule has 1 heterocycles. The highest BCUT2D eigenvalue weighted by molar-refractivity contribution is 5.71. The first-order valence-electron chi connectivity index (χ1n) is 6.93. The fourth-order valence-corrected chi connectivity index (χ4v) is 2.24. The van der Waals surface area contributed by atoms with Crippen LogP contribution >= 0.6 is 0 Å². The standard InChI is InChI=1S/C14H20N2O5/c1-4-10-9(7-12(17)18)11(5-2)16(14(20)15-10)8-13(19)21-6-3/h4-8H2,1-3H3,(H,17,18). The fraction of sp³-hybridized carbons (Fsp3) is 0.571. The monoisotopic (exact) mass is 296 g/mol. The van der Waals surface area contributed by atoms with Gasteiger partial charge < -0.3 is 9.84 Å². The first-order chi connectivity index (χ1) is 9.94. The van der Waals surface area contributed by atoms with Crippen LogP contribution in [0.3, 0.4) is 0 Å². The molecule has 7 heteroatoms. The van der Waals surface area contributed by atoms with Crippen molar-refractivity contribution in [1.29, 1.82) is 0 Å². The summed E-state index contributed by atoms with van der Waals surface area (Å²) in [6.07, 6.45) is 0.681. The van der Waals surface area contributed by atoms with Gasteiger partial charge in [0, 0.05) is 11.3 Å². The molecule has 7 nitrogen and oxygen atoms in total. The molecule has 1 aromatic rings. The van der Waals surface area contributed by atoms with Gasteiger partial charge in [0.05, 0.1) is 18.7 Å². The summed E-state index contributed by atoms with van der Waals surface area (Å²) in [7, 11) is 0. The fourth-order valence-electron chi connectivity index (χ4n) is 2.24. The van der Waals surface area contributed by atoms with Crippen molar-refractivity contribution in [3.8, 4) is 0 Å². The number of aryl methyl sites for hydroxylation is 1. The Labute approximate surface area is 122 Å². The lowest BCUT2D eigenvalue weighted by atomic mass is 10.0. The summed E-state index contributed by atoms with van der Waals surface area (Å²) in [5.74, 6) is -1.54.